The lowest BCUT2D eigenvalue weighted by atomic mass is 9.77. The summed E-state index contributed by atoms with van der Waals surface area (Å²) in [6.45, 7) is 5.42. The Morgan fingerprint density at radius 3 is 2.59 bits per heavy atom. The third-order valence-electron chi connectivity index (χ3n) is 5.05. The van der Waals surface area contributed by atoms with Crippen LogP contribution in [0.1, 0.15) is 52.4 Å². The highest BCUT2D eigenvalue weighted by atomic mass is 16.2. The molecule has 1 heterocycles. The summed E-state index contributed by atoms with van der Waals surface area (Å²) < 4.78 is 0. The van der Waals surface area contributed by atoms with Crippen LogP contribution in [0.4, 0.5) is 0 Å². The molecule has 0 radical (unpaired) electrons. The summed E-state index contributed by atoms with van der Waals surface area (Å²) in [5.74, 6) is 1.81. The molecule has 3 rings (SSSR count). The van der Waals surface area contributed by atoms with Gasteiger partial charge in [0.25, 0.3) is 0 Å². The lowest BCUT2D eigenvalue weighted by molar-refractivity contribution is -0.133. The minimum absolute atomic E-state index is 0.112. The first-order valence-corrected chi connectivity index (χ1v) is 7.20. The van der Waals surface area contributed by atoms with Gasteiger partial charge in [-0.05, 0) is 37.5 Å². The fourth-order valence-electron chi connectivity index (χ4n) is 3.75. The molecule has 96 valence electrons. The van der Waals surface area contributed by atoms with Gasteiger partial charge in [0, 0.05) is 6.04 Å². The lowest BCUT2D eigenvalue weighted by Crippen LogP contribution is -2.46. The van der Waals surface area contributed by atoms with Crippen LogP contribution in [0.3, 0.4) is 0 Å². The van der Waals surface area contributed by atoms with Gasteiger partial charge in [-0.2, -0.15) is 0 Å². The Morgan fingerprint density at radius 2 is 2.00 bits per heavy atom. The van der Waals surface area contributed by atoms with E-state index in [1.807, 2.05) is 0 Å². The van der Waals surface area contributed by atoms with Crippen molar-refractivity contribution in [1.29, 1.82) is 0 Å². The van der Waals surface area contributed by atoms with Gasteiger partial charge in [0.2, 0.25) is 5.91 Å². The predicted octanol–water partition coefficient (Wildman–Crippen LogP) is 2.12. The van der Waals surface area contributed by atoms with Gasteiger partial charge >= 0.3 is 0 Å². The Balaban J connectivity index is 1.76. The van der Waals surface area contributed by atoms with E-state index in [-0.39, 0.29) is 5.54 Å². The predicted molar refractivity (Wildman–Crippen MR) is 67.4 cm³/mol. The molecule has 17 heavy (non-hydrogen) atoms. The minimum atomic E-state index is -0.112. The number of carbonyl (C=O) groups is 1. The molecule has 0 aromatic heterocycles. The lowest BCUT2D eigenvalue weighted by Gasteiger charge is -2.39. The van der Waals surface area contributed by atoms with Gasteiger partial charge in [-0.3, -0.25) is 10.1 Å². The summed E-state index contributed by atoms with van der Waals surface area (Å²) in [6.07, 6.45) is 7.28. The van der Waals surface area contributed by atoms with Crippen LogP contribution in [-0.4, -0.2) is 29.1 Å². The number of hydrogen-bond acceptors (Lipinski definition) is 2. The van der Waals surface area contributed by atoms with E-state index in [2.05, 4.69) is 24.1 Å². The van der Waals surface area contributed by atoms with Crippen LogP contribution in [0.15, 0.2) is 0 Å². The highest BCUT2D eigenvalue weighted by Gasteiger charge is 2.57. The zero-order valence-corrected chi connectivity index (χ0v) is 11.0. The van der Waals surface area contributed by atoms with Crippen molar-refractivity contribution in [2.75, 3.05) is 6.67 Å². The first kappa shape index (κ1) is 11.5. The van der Waals surface area contributed by atoms with Crippen molar-refractivity contribution in [3.63, 3.8) is 0 Å². The maximum absolute atomic E-state index is 12.4. The second kappa shape index (κ2) is 3.98. The summed E-state index contributed by atoms with van der Waals surface area (Å²) in [5, 5.41) is 3.44. The van der Waals surface area contributed by atoms with Gasteiger partial charge in [0.15, 0.2) is 0 Å². The summed E-state index contributed by atoms with van der Waals surface area (Å²) in [6, 6.07) is 0.503. The van der Waals surface area contributed by atoms with E-state index < -0.39 is 0 Å². The molecular formula is C14H24N2O. The highest BCUT2D eigenvalue weighted by molar-refractivity contribution is 5.91. The maximum Gasteiger partial charge on any atom is 0.244 e. The second-order valence-electron chi connectivity index (χ2n) is 6.45. The van der Waals surface area contributed by atoms with Crippen molar-refractivity contribution >= 4 is 5.91 Å². The number of rotatable bonds is 2. The molecule has 2 unspecified atom stereocenters. The van der Waals surface area contributed by atoms with Gasteiger partial charge in [-0.1, -0.05) is 26.7 Å². The fraction of sp³-hybridized carbons (Fsp3) is 0.929. The van der Waals surface area contributed by atoms with Crippen molar-refractivity contribution < 1.29 is 4.79 Å². The number of nitrogens with zero attached hydrogens (tertiary/aromatic N) is 1. The maximum atomic E-state index is 12.4. The second-order valence-corrected chi connectivity index (χ2v) is 6.45. The molecule has 3 aliphatic rings. The van der Waals surface area contributed by atoms with Crippen LogP contribution >= 0.6 is 0 Å². The molecule has 3 nitrogen and oxygen atoms in total. The molecule has 0 aromatic rings. The van der Waals surface area contributed by atoms with E-state index in [9.17, 15) is 4.79 Å². The Labute approximate surface area is 104 Å². The zero-order valence-electron chi connectivity index (χ0n) is 11.0. The quantitative estimate of drug-likeness (QED) is 0.796. The summed E-state index contributed by atoms with van der Waals surface area (Å²) >= 11 is 0. The molecule has 0 bridgehead atoms. The largest absolute Gasteiger partial charge is 0.325 e. The van der Waals surface area contributed by atoms with Crippen LogP contribution < -0.4 is 5.32 Å². The van der Waals surface area contributed by atoms with Crippen molar-refractivity contribution in [2.24, 2.45) is 11.8 Å². The molecule has 1 spiro atoms. The molecule has 1 aliphatic heterocycles. The Morgan fingerprint density at radius 1 is 1.29 bits per heavy atom. The fourth-order valence-corrected chi connectivity index (χ4v) is 3.75. The molecule has 3 fully saturated rings. The molecule has 2 saturated carbocycles. The van der Waals surface area contributed by atoms with Gasteiger partial charge in [-0.25, -0.2) is 0 Å². The van der Waals surface area contributed by atoms with Crippen molar-refractivity contribution in [3.8, 4) is 0 Å². The normalized spacial score (nSPS) is 35.9. The van der Waals surface area contributed by atoms with Crippen LogP contribution in [-0.2, 0) is 4.79 Å². The number of amides is 1. The highest BCUT2D eigenvalue weighted by Crippen LogP contribution is 2.43. The van der Waals surface area contributed by atoms with Crippen LogP contribution in [0, 0.1) is 11.8 Å². The topological polar surface area (TPSA) is 32.3 Å². The van der Waals surface area contributed by atoms with Gasteiger partial charge in [0.05, 0.1) is 12.2 Å². The Hall–Kier alpha value is -0.570. The smallest absolute Gasteiger partial charge is 0.244 e. The SMILES string of the molecule is CC(C)C1CCCCC1N1CNC2(CC2)C1=O. The third-order valence-corrected chi connectivity index (χ3v) is 5.05. The van der Waals surface area contributed by atoms with Crippen LogP contribution in [0.2, 0.25) is 0 Å². The average molecular weight is 236 g/mol. The third kappa shape index (κ3) is 1.79. The zero-order chi connectivity index (χ0) is 12.0. The molecule has 1 saturated heterocycles. The van der Waals surface area contributed by atoms with E-state index in [1.165, 1.54) is 25.7 Å². The summed E-state index contributed by atoms with van der Waals surface area (Å²) in [4.78, 5) is 14.6. The van der Waals surface area contributed by atoms with Crippen LogP contribution in [0.5, 0.6) is 0 Å². The number of hydrogen-bond donors (Lipinski definition) is 1. The molecule has 3 heteroatoms. The van der Waals surface area contributed by atoms with E-state index >= 15 is 0 Å². The van der Waals surface area contributed by atoms with Crippen LogP contribution in [0.25, 0.3) is 0 Å². The van der Waals surface area contributed by atoms with E-state index in [0.29, 0.717) is 23.8 Å². The molecule has 2 aliphatic carbocycles. The monoisotopic (exact) mass is 236 g/mol. The summed E-state index contributed by atoms with van der Waals surface area (Å²) in [7, 11) is 0. The van der Waals surface area contributed by atoms with E-state index in [1.54, 1.807) is 0 Å². The van der Waals surface area contributed by atoms with Gasteiger partial charge in [-0.15, -0.1) is 0 Å². The first-order valence-electron chi connectivity index (χ1n) is 7.20. The van der Waals surface area contributed by atoms with E-state index in [4.69, 9.17) is 0 Å². The Bertz CT molecular complexity index is 322. The molecule has 1 amide bonds. The molecule has 2 atom stereocenters. The molecule has 1 N–H and O–H groups in total. The average Bonchev–Trinajstić information content (AvgIpc) is 3.03. The van der Waals surface area contributed by atoms with Crippen molar-refractivity contribution in [3.05, 3.63) is 0 Å². The number of carbonyl (C=O) groups excluding carboxylic acids is 1. The van der Waals surface area contributed by atoms with Gasteiger partial charge < -0.3 is 4.90 Å². The standard InChI is InChI=1S/C14H24N2O/c1-10(2)11-5-3-4-6-12(11)16-9-15-14(7-8-14)13(16)17/h10-12,15H,3-9H2,1-2H3. The minimum Gasteiger partial charge on any atom is -0.325 e. The molecule has 0 aromatic carbocycles. The van der Waals surface area contributed by atoms with Gasteiger partial charge in [0.1, 0.15) is 0 Å². The summed E-state index contributed by atoms with van der Waals surface area (Å²) in [5.41, 5.74) is -0.112. The van der Waals surface area contributed by atoms with Crippen molar-refractivity contribution in [1.82, 2.24) is 10.2 Å². The number of nitrogens with one attached hydrogen (secondary N) is 1. The first-order chi connectivity index (χ1) is 8.14. The Kier molecular flexibility index (Phi) is 2.69. The van der Waals surface area contributed by atoms with E-state index in [0.717, 1.165) is 19.5 Å². The molecular weight excluding hydrogens is 212 g/mol. The van der Waals surface area contributed by atoms with Crippen molar-refractivity contribution in [2.45, 2.75) is 64.0 Å².